The van der Waals surface area contributed by atoms with E-state index in [-0.39, 0.29) is 5.41 Å². The zero-order valence-corrected chi connectivity index (χ0v) is 15.5. The molecule has 0 fully saturated rings. The molecule has 24 heavy (non-hydrogen) atoms. The van der Waals surface area contributed by atoms with Gasteiger partial charge in [-0.15, -0.1) is 0 Å². The number of carbonyl (C=O) groups excluding carboxylic acids is 2. The third-order valence-electron chi connectivity index (χ3n) is 3.50. The van der Waals surface area contributed by atoms with Gasteiger partial charge in [-0.3, -0.25) is 9.59 Å². The van der Waals surface area contributed by atoms with Gasteiger partial charge in [-0.05, 0) is 29.0 Å². The molecule has 0 saturated heterocycles. The van der Waals surface area contributed by atoms with Crippen molar-refractivity contribution in [2.24, 2.45) is 0 Å². The average Bonchev–Trinajstić information content (AvgIpc) is 2.44. The summed E-state index contributed by atoms with van der Waals surface area (Å²) in [6, 6.07) is 8.08. The van der Waals surface area contributed by atoms with Crippen molar-refractivity contribution in [2.45, 2.75) is 66.1 Å². The van der Waals surface area contributed by atoms with Gasteiger partial charge >= 0.3 is 11.9 Å². The van der Waals surface area contributed by atoms with Gasteiger partial charge in [0.05, 0.1) is 0 Å². The summed E-state index contributed by atoms with van der Waals surface area (Å²) in [6.07, 6.45) is 2.51. The molecule has 1 rings (SSSR count). The normalized spacial score (nSPS) is 12.2. The number of rotatable bonds is 6. The van der Waals surface area contributed by atoms with Gasteiger partial charge in [-0.2, -0.15) is 0 Å². The Hall–Kier alpha value is -2.10. The van der Waals surface area contributed by atoms with Gasteiger partial charge in [-0.1, -0.05) is 58.4 Å². The Labute approximate surface area is 144 Å². The third kappa shape index (κ3) is 6.19. The van der Waals surface area contributed by atoms with Gasteiger partial charge in [0.1, 0.15) is 0 Å². The first kappa shape index (κ1) is 19.9. The molecular weight excluding hydrogens is 304 g/mol. The predicted molar refractivity (Wildman–Crippen MR) is 95.3 cm³/mol. The van der Waals surface area contributed by atoms with Crippen LogP contribution in [-0.2, 0) is 24.5 Å². The van der Waals surface area contributed by atoms with Crippen LogP contribution in [0.25, 0.3) is 6.08 Å². The molecule has 4 heteroatoms. The number of hydrogen-bond acceptors (Lipinski definition) is 4. The first-order chi connectivity index (χ1) is 11.1. The molecule has 0 aliphatic heterocycles. The summed E-state index contributed by atoms with van der Waals surface area (Å²) < 4.78 is 10.4. The molecule has 0 amide bonds. The van der Waals surface area contributed by atoms with Crippen molar-refractivity contribution in [3.63, 3.8) is 0 Å². The lowest BCUT2D eigenvalue weighted by molar-refractivity contribution is -0.178. The largest absolute Gasteiger partial charge is 0.421 e. The van der Waals surface area contributed by atoms with Gasteiger partial charge in [0.2, 0.25) is 0 Å². The molecule has 0 aliphatic rings. The van der Waals surface area contributed by atoms with Crippen LogP contribution in [0.15, 0.2) is 29.8 Å². The molecule has 4 nitrogen and oxygen atoms in total. The molecular formula is C20H28O4. The van der Waals surface area contributed by atoms with Crippen molar-refractivity contribution in [3.05, 3.63) is 41.0 Å². The average molecular weight is 332 g/mol. The highest BCUT2D eigenvalue weighted by Gasteiger charge is 2.22. The maximum atomic E-state index is 11.4. The molecule has 132 valence electrons. The van der Waals surface area contributed by atoms with Crippen LogP contribution in [0.1, 0.15) is 65.5 Å². The number of benzene rings is 1. The van der Waals surface area contributed by atoms with Crippen molar-refractivity contribution >= 4 is 18.0 Å². The maximum absolute atomic E-state index is 11.4. The highest BCUT2D eigenvalue weighted by atomic mass is 16.7. The van der Waals surface area contributed by atoms with Crippen molar-refractivity contribution in [1.29, 1.82) is 0 Å². The van der Waals surface area contributed by atoms with Crippen LogP contribution >= 0.6 is 0 Å². The fourth-order valence-electron chi connectivity index (χ4n) is 2.53. The van der Waals surface area contributed by atoms with Crippen LogP contribution in [0.5, 0.6) is 0 Å². The molecule has 0 unspecified atom stereocenters. The quantitative estimate of drug-likeness (QED) is 0.563. The Kier molecular flexibility index (Phi) is 7.20. The smallest absolute Gasteiger partial charge is 0.305 e. The van der Waals surface area contributed by atoms with Crippen molar-refractivity contribution in [3.8, 4) is 0 Å². The van der Waals surface area contributed by atoms with Crippen molar-refractivity contribution < 1.29 is 19.1 Å². The van der Waals surface area contributed by atoms with Gasteiger partial charge in [0.15, 0.2) is 0 Å². The monoisotopic (exact) mass is 332 g/mol. The molecule has 0 spiro atoms. The zero-order chi connectivity index (χ0) is 18.3. The second-order valence-electron chi connectivity index (χ2n) is 6.86. The number of esters is 2. The Bertz CT molecular complexity index is 592. The molecule has 1 aromatic rings. The van der Waals surface area contributed by atoms with Crippen LogP contribution in [0.3, 0.4) is 0 Å². The predicted octanol–water partition coefficient (Wildman–Crippen LogP) is 4.62. The molecule has 0 saturated carbocycles. The third-order valence-corrected chi connectivity index (χ3v) is 3.50. The second kappa shape index (κ2) is 8.67. The molecule has 0 radical (unpaired) electrons. The summed E-state index contributed by atoms with van der Waals surface area (Å²) in [4.78, 5) is 22.8. The van der Waals surface area contributed by atoms with E-state index >= 15 is 0 Å². The zero-order valence-electron chi connectivity index (χ0n) is 15.5. The Morgan fingerprint density at radius 2 is 1.62 bits per heavy atom. The molecule has 0 aliphatic carbocycles. The van der Waals surface area contributed by atoms with E-state index in [0.717, 1.165) is 17.6 Å². The van der Waals surface area contributed by atoms with E-state index in [1.807, 2.05) is 31.2 Å². The van der Waals surface area contributed by atoms with Gasteiger partial charge < -0.3 is 9.47 Å². The molecule has 0 heterocycles. The van der Waals surface area contributed by atoms with Crippen LogP contribution < -0.4 is 0 Å². The summed E-state index contributed by atoms with van der Waals surface area (Å²) in [5.74, 6) is -0.959. The Morgan fingerprint density at radius 3 is 2.08 bits per heavy atom. The summed E-state index contributed by atoms with van der Waals surface area (Å²) in [6.45, 7) is 11.1. The van der Waals surface area contributed by atoms with E-state index in [1.54, 1.807) is 0 Å². The molecule has 0 aromatic heterocycles. The van der Waals surface area contributed by atoms with Crippen LogP contribution in [0.2, 0.25) is 0 Å². The lowest BCUT2D eigenvalue weighted by atomic mass is 9.83. The van der Waals surface area contributed by atoms with E-state index in [1.165, 1.54) is 19.4 Å². The van der Waals surface area contributed by atoms with E-state index in [9.17, 15) is 9.59 Å². The SMILES string of the molecule is CCCC(=Cc1ccccc1C(C)(C)C)C(OC(C)=O)OC(C)=O. The highest BCUT2D eigenvalue weighted by Crippen LogP contribution is 2.29. The number of carbonyl (C=O) groups is 2. The lowest BCUT2D eigenvalue weighted by Crippen LogP contribution is -2.25. The van der Waals surface area contributed by atoms with Gasteiger partial charge in [-0.25, -0.2) is 0 Å². The molecule has 0 N–H and O–H groups in total. The first-order valence-corrected chi connectivity index (χ1v) is 8.29. The Balaban J connectivity index is 3.34. The molecule has 0 atom stereocenters. The topological polar surface area (TPSA) is 52.6 Å². The summed E-state index contributed by atoms with van der Waals surface area (Å²) in [7, 11) is 0. The first-order valence-electron chi connectivity index (χ1n) is 8.29. The minimum atomic E-state index is -0.979. The summed E-state index contributed by atoms with van der Waals surface area (Å²) in [5.41, 5.74) is 2.98. The minimum Gasteiger partial charge on any atom is -0.421 e. The van der Waals surface area contributed by atoms with E-state index in [4.69, 9.17) is 9.47 Å². The van der Waals surface area contributed by atoms with Crippen molar-refractivity contribution in [1.82, 2.24) is 0 Å². The molecule has 0 bridgehead atoms. The fraction of sp³-hybridized carbons (Fsp3) is 0.500. The van der Waals surface area contributed by atoms with Crippen LogP contribution in [0, 0.1) is 0 Å². The number of hydrogen-bond donors (Lipinski definition) is 0. The van der Waals surface area contributed by atoms with Gasteiger partial charge in [0, 0.05) is 19.4 Å². The Morgan fingerprint density at radius 1 is 1.08 bits per heavy atom. The molecule has 1 aromatic carbocycles. The fourth-order valence-corrected chi connectivity index (χ4v) is 2.53. The van der Waals surface area contributed by atoms with E-state index in [0.29, 0.717) is 6.42 Å². The lowest BCUT2D eigenvalue weighted by Gasteiger charge is -2.24. The summed E-state index contributed by atoms with van der Waals surface area (Å²) >= 11 is 0. The van der Waals surface area contributed by atoms with Crippen molar-refractivity contribution in [2.75, 3.05) is 0 Å². The standard InChI is InChI=1S/C20H28O4/c1-7-10-17(19(23-14(2)21)24-15(3)22)13-16-11-8-9-12-18(16)20(4,5)6/h8-9,11-13,19H,7,10H2,1-6H3. The second-order valence-corrected chi connectivity index (χ2v) is 6.86. The highest BCUT2D eigenvalue weighted by molar-refractivity contribution is 5.69. The van der Waals surface area contributed by atoms with E-state index < -0.39 is 18.2 Å². The minimum absolute atomic E-state index is 0.0250. The summed E-state index contributed by atoms with van der Waals surface area (Å²) in [5, 5.41) is 0. The van der Waals surface area contributed by atoms with Gasteiger partial charge in [0.25, 0.3) is 6.29 Å². The van der Waals surface area contributed by atoms with Crippen LogP contribution in [-0.4, -0.2) is 18.2 Å². The number of ether oxygens (including phenoxy) is 2. The van der Waals surface area contributed by atoms with E-state index in [2.05, 4.69) is 26.8 Å². The van der Waals surface area contributed by atoms with Crippen LogP contribution in [0.4, 0.5) is 0 Å². The maximum Gasteiger partial charge on any atom is 0.305 e.